The van der Waals surface area contributed by atoms with Crippen LogP contribution in [0, 0.1) is 0 Å². The first-order chi connectivity index (χ1) is 12.4. The summed E-state index contributed by atoms with van der Waals surface area (Å²) in [5.74, 6) is -0.607. The second-order valence-electron chi connectivity index (χ2n) is 4.06. The van der Waals surface area contributed by atoms with Crippen LogP contribution in [0.3, 0.4) is 0 Å². The van der Waals surface area contributed by atoms with Gasteiger partial charge in [-0.15, -0.1) is 0 Å². The number of rotatable bonds is 4. The zero-order valence-corrected chi connectivity index (χ0v) is 24.7. The van der Waals surface area contributed by atoms with Crippen LogP contribution in [0.15, 0.2) is 60.7 Å². The molecule has 0 fully saturated rings. The summed E-state index contributed by atoms with van der Waals surface area (Å²) in [4.78, 5) is 30.3. The Morgan fingerprint density at radius 1 is 0.679 bits per heavy atom. The van der Waals surface area contributed by atoms with Gasteiger partial charge in [-0.1, -0.05) is 36.4 Å². The average molecular weight is 568 g/mol. The van der Waals surface area contributed by atoms with Crippen LogP contribution in [0.25, 0.3) is 0 Å². The number of alkyl halides is 2. The molecule has 0 radical (unpaired) electrons. The second kappa shape index (κ2) is 22.6. The van der Waals surface area contributed by atoms with Crippen LogP contribution < -0.4 is 113 Å². The number of benzene rings is 2. The summed E-state index contributed by atoms with van der Waals surface area (Å²) in [6.07, 6.45) is -2.33. The number of ether oxygens (including phenoxy) is 2. The smallest absolute Gasteiger partial charge is 0.652 e. The van der Waals surface area contributed by atoms with Crippen LogP contribution in [0.4, 0.5) is 4.79 Å². The van der Waals surface area contributed by atoms with E-state index in [1.54, 1.807) is 48.5 Å². The average Bonchev–Trinajstić information content (AvgIpc) is 2.64. The molecule has 0 aliphatic heterocycles. The van der Waals surface area contributed by atoms with Crippen molar-refractivity contribution in [1.29, 1.82) is 0 Å². The summed E-state index contributed by atoms with van der Waals surface area (Å²) in [6.45, 7) is 0. The van der Waals surface area contributed by atoms with Crippen molar-refractivity contribution >= 4 is 50.0 Å². The van der Waals surface area contributed by atoms with Gasteiger partial charge in [0, 0.05) is 0 Å². The number of carbonyl (C=O) groups is 3. The molecule has 0 saturated heterocycles. The molecule has 0 N–H and O–H groups in total. The molecular weight excluding hydrogens is 554 g/mol. The SMILES string of the molecule is O=C(OCBr)c1ccccc1.O=C(OCBr)c1ccccc1.O=C([O-])[O-].[K+].[K+]. The zero-order chi connectivity index (χ0) is 19.8. The van der Waals surface area contributed by atoms with Gasteiger partial charge in [-0.3, -0.25) is 0 Å². The molecule has 7 nitrogen and oxygen atoms in total. The van der Waals surface area contributed by atoms with Crippen LogP contribution >= 0.6 is 31.9 Å². The monoisotopic (exact) mass is 566 g/mol. The predicted molar refractivity (Wildman–Crippen MR) is 96.7 cm³/mol. The molecule has 0 bridgehead atoms. The summed E-state index contributed by atoms with van der Waals surface area (Å²) in [5.41, 5.74) is 1.63. The van der Waals surface area contributed by atoms with Gasteiger partial charge in [0.05, 0.1) is 11.1 Å². The van der Waals surface area contributed by atoms with Gasteiger partial charge in [0.25, 0.3) is 0 Å². The molecule has 0 unspecified atom stereocenters. The Labute approximate surface area is 264 Å². The van der Waals surface area contributed by atoms with Crippen molar-refractivity contribution in [3.05, 3.63) is 71.8 Å². The molecule has 0 amide bonds. The molecular formula is C17H14Br2K2O7. The molecule has 2 rings (SSSR count). The molecule has 0 saturated carbocycles. The molecule has 140 valence electrons. The van der Waals surface area contributed by atoms with Crippen LogP contribution in [-0.2, 0) is 9.47 Å². The standard InChI is InChI=1S/2C8H7BrO2.CH2O3.2K/c2*9-6-11-8(10)7-4-2-1-3-5-7;2-1(3)4;;/h2*1-5H,6H2;(H2,2,3,4);;/q;;;2*+1/p-2. The van der Waals surface area contributed by atoms with E-state index in [4.69, 9.17) is 24.5 Å². The summed E-state index contributed by atoms with van der Waals surface area (Å²) < 4.78 is 9.41. The first-order valence-corrected chi connectivity index (χ1v) is 9.11. The quantitative estimate of drug-likeness (QED) is 0.210. The first-order valence-electron chi connectivity index (χ1n) is 6.86. The van der Waals surface area contributed by atoms with E-state index >= 15 is 0 Å². The fraction of sp³-hybridized carbons (Fsp3) is 0.118. The normalized spacial score (nSPS) is 8.07. The van der Waals surface area contributed by atoms with E-state index in [0.29, 0.717) is 11.1 Å². The summed E-state index contributed by atoms with van der Waals surface area (Å²) >= 11 is 6.01. The van der Waals surface area contributed by atoms with E-state index in [1.807, 2.05) is 12.1 Å². The van der Waals surface area contributed by atoms with E-state index in [2.05, 4.69) is 31.9 Å². The third kappa shape index (κ3) is 18.9. The number of esters is 2. The van der Waals surface area contributed by atoms with E-state index in [0.717, 1.165) is 0 Å². The maximum absolute atomic E-state index is 11.0. The molecule has 0 spiro atoms. The molecule has 2 aromatic rings. The van der Waals surface area contributed by atoms with Gasteiger partial charge < -0.3 is 24.5 Å². The Morgan fingerprint density at radius 2 is 0.929 bits per heavy atom. The first kappa shape index (κ1) is 33.5. The summed E-state index contributed by atoms with van der Waals surface area (Å²) in [7, 11) is 0. The predicted octanol–water partition coefficient (Wildman–Crippen LogP) is -4.05. The Kier molecular flexibility index (Phi) is 27.0. The van der Waals surface area contributed by atoms with Gasteiger partial charge in [0.1, 0.15) is 11.0 Å². The second-order valence-corrected chi connectivity index (χ2v) is 4.98. The van der Waals surface area contributed by atoms with Gasteiger partial charge in [-0.05, 0) is 62.3 Å². The van der Waals surface area contributed by atoms with Crippen molar-refractivity contribution in [3.8, 4) is 0 Å². The Hall–Kier alpha value is 0.883. The van der Waals surface area contributed by atoms with Gasteiger partial charge in [-0.25, -0.2) is 9.59 Å². The fourth-order valence-electron chi connectivity index (χ4n) is 1.41. The van der Waals surface area contributed by atoms with Crippen LogP contribution in [0.5, 0.6) is 0 Å². The third-order valence-electron chi connectivity index (χ3n) is 2.39. The number of hydrogen-bond donors (Lipinski definition) is 0. The maximum Gasteiger partial charge on any atom is 1.00 e. The molecule has 0 aromatic heterocycles. The van der Waals surface area contributed by atoms with Crippen molar-refractivity contribution in [3.63, 3.8) is 0 Å². The number of hydrogen-bond acceptors (Lipinski definition) is 7. The number of carboxylic acid groups (broad SMARTS) is 2. The minimum Gasteiger partial charge on any atom is -0.652 e. The Bertz CT molecular complexity index is 616. The van der Waals surface area contributed by atoms with Gasteiger partial charge in [-0.2, -0.15) is 0 Å². The summed E-state index contributed by atoms with van der Waals surface area (Å²) in [6, 6.07) is 17.7. The van der Waals surface area contributed by atoms with Gasteiger partial charge in [0.15, 0.2) is 0 Å². The van der Waals surface area contributed by atoms with E-state index in [1.165, 1.54) is 0 Å². The van der Waals surface area contributed by atoms with Crippen molar-refractivity contribution in [2.24, 2.45) is 0 Å². The Balaban J connectivity index is -0.000000355. The zero-order valence-electron chi connectivity index (χ0n) is 15.3. The number of carbonyl (C=O) groups excluding carboxylic acids is 3. The van der Waals surface area contributed by atoms with E-state index < -0.39 is 6.16 Å². The molecule has 0 heterocycles. The maximum atomic E-state index is 11.0. The van der Waals surface area contributed by atoms with Crippen molar-refractivity contribution in [2.75, 3.05) is 11.0 Å². The largest absolute Gasteiger partial charge is 1.00 e. The van der Waals surface area contributed by atoms with Crippen LogP contribution in [-0.4, -0.2) is 29.1 Å². The molecule has 11 heteroatoms. The summed E-state index contributed by atoms with van der Waals surface area (Å²) in [5, 5.41) is 16.7. The fourth-order valence-corrected chi connectivity index (χ4v) is 1.83. The third-order valence-corrected chi connectivity index (χ3v) is 2.85. The topological polar surface area (TPSA) is 116 Å². The molecule has 28 heavy (non-hydrogen) atoms. The van der Waals surface area contributed by atoms with E-state index in [9.17, 15) is 9.59 Å². The molecule has 2 aromatic carbocycles. The van der Waals surface area contributed by atoms with Crippen molar-refractivity contribution < 1.29 is 137 Å². The van der Waals surface area contributed by atoms with Gasteiger partial charge in [0.2, 0.25) is 0 Å². The van der Waals surface area contributed by atoms with Crippen molar-refractivity contribution in [2.45, 2.75) is 0 Å². The molecule has 0 aliphatic rings. The number of halogens is 2. The Morgan fingerprint density at radius 3 is 1.14 bits per heavy atom. The van der Waals surface area contributed by atoms with E-state index in [-0.39, 0.29) is 126 Å². The van der Waals surface area contributed by atoms with Crippen LogP contribution in [0.2, 0.25) is 0 Å². The van der Waals surface area contributed by atoms with Crippen LogP contribution in [0.1, 0.15) is 20.7 Å². The minimum atomic E-state index is -2.33. The van der Waals surface area contributed by atoms with Gasteiger partial charge >= 0.3 is 115 Å². The minimum absolute atomic E-state index is 0. The molecule has 0 aliphatic carbocycles. The van der Waals surface area contributed by atoms with Crippen molar-refractivity contribution in [1.82, 2.24) is 0 Å². The molecule has 0 atom stereocenters.